The van der Waals surface area contributed by atoms with Crippen LogP contribution in [0.1, 0.15) is 36.6 Å². The molecule has 3 aromatic rings. The van der Waals surface area contributed by atoms with Gasteiger partial charge in [0.15, 0.2) is 16.3 Å². The van der Waals surface area contributed by atoms with Gasteiger partial charge in [-0.1, -0.05) is 17.4 Å². The van der Waals surface area contributed by atoms with E-state index in [1.807, 2.05) is 0 Å². The minimum absolute atomic E-state index is 0.0239. The van der Waals surface area contributed by atoms with Crippen LogP contribution in [-0.4, -0.2) is 43.6 Å². The average Bonchev–Trinajstić information content (AvgIpc) is 3.23. The van der Waals surface area contributed by atoms with Gasteiger partial charge >= 0.3 is 5.97 Å². The zero-order chi connectivity index (χ0) is 28.3. The van der Waals surface area contributed by atoms with Crippen molar-refractivity contribution in [2.45, 2.75) is 26.3 Å². The van der Waals surface area contributed by atoms with E-state index in [0.29, 0.717) is 49.6 Å². The number of benzene rings is 2. The molecule has 39 heavy (non-hydrogen) atoms. The van der Waals surface area contributed by atoms with Crippen molar-refractivity contribution >= 4 is 23.4 Å². The van der Waals surface area contributed by atoms with E-state index < -0.39 is 12.0 Å². The molecule has 204 valence electrons. The number of carbonyl (C=O) groups excluding carboxylic acids is 1. The normalized spacial score (nSPS) is 14.9. The number of fused-ring (bicyclic) bond motifs is 1. The summed E-state index contributed by atoms with van der Waals surface area (Å²) in [5.41, 5.74) is 2.16. The van der Waals surface area contributed by atoms with Crippen molar-refractivity contribution in [1.82, 2.24) is 4.57 Å². The standard InChI is InChI=1S/C29H30N2O7S/c1-7-9-18-12-17(13-22(37-6)26(18)32)14-23-27(33)31-25(20-15-19(35-4)10-11-21(20)36-5)24(28(34)38-8-2)16(3)30-29(31)39-23/h7,10-15,25,32H,1,8-9H2,2-6H3/t25-/m0/s1. The lowest BCUT2D eigenvalue weighted by Crippen LogP contribution is -2.40. The maximum Gasteiger partial charge on any atom is 0.338 e. The van der Waals surface area contributed by atoms with Gasteiger partial charge in [0.2, 0.25) is 0 Å². The van der Waals surface area contributed by atoms with Crippen molar-refractivity contribution < 1.29 is 28.8 Å². The molecule has 1 aliphatic rings. The highest BCUT2D eigenvalue weighted by atomic mass is 32.1. The predicted octanol–water partition coefficient (Wildman–Crippen LogP) is 3.26. The number of aromatic nitrogens is 1. The van der Waals surface area contributed by atoms with Crippen LogP contribution in [0.2, 0.25) is 0 Å². The number of phenols is 1. The van der Waals surface area contributed by atoms with Gasteiger partial charge in [0, 0.05) is 11.1 Å². The summed E-state index contributed by atoms with van der Waals surface area (Å²) in [5, 5.41) is 10.5. The van der Waals surface area contributed by atoms with E-state index in [9.17, 15) is 14.7 Å². The molecule has 9 nitrogen and oxygen atoms in total. The van der Waals surface area contributed by atoms with Gasteiger partial charge in [0.1, 0.15) is 17.5 Å². The van der Waals surface area contributed by atoms with E-state index in [0.717, 1.165) is 0 Å². The second kappa shape index (κ2) is 11.6. The number of aromatic hydroxyl groups is 1. The van der Waals surface area contributed by atoms with Crippen LogP contribution >= 0.6 is 11.3 Å². The number of hydrogen-bond acceptors (Lipinski definition) is 9. The van der Waals surface area contributed by atoms with E-state index in [4.69, 9.17) is 18.9 Å². The molecule has 0 spiro atoms. The first kappa shape index (κ1) is 27.7. The highest BCUT2D eigenvalue weighted by Crippen LogP contribution is 2.38. The van der Waals surface area contributed by atoms with Crippen molar-refractivity contribution in [2.24, 2.45) is 4.99 Å². The zero-order valence-corrected chi connectivity index (χ0v) is 23.3. The SMILES string of the molecule is C=CCc1cc(C=c2sc3n(c2=O)[C@@H](c2cc(OC)ccc2OC)C(C(=O)OCC)=C(C)N=3)cc(OC)c1O. The number of carbonyl (C=O) groups is 1. The van der Waals surface area contributed by atoms with E-state index in [1.165, 1.54) is 37.2 Å². The lowest BCUT2D eigenvalue weighted by Gasteiger charge is -2.26. The summed E-state index contributed by atoms with van der Waals surface area (Å²) in [6.07, 6.45) is 3.80. The number of ether oxygens (including phenoxy) is 4. The summed E-state index contributed by atoms with van der Waals surface area (Å²) >= 11 is 1.19. The van der Waals surface area contributed by atoms with Gasteiger partial charge in [-0.05, 0) is 62.2 Å². The van der Waals surface area contributed by atoms with Crippen LogP contribution in [0.4, 0.5) is 0 Å². The molecule has 0 amide bonds. The average molecular weight is 551 g/mol. The van der Waals surface area contributed by atoms with Crippen molar-refractivity contribution in [3.8, 4) is 23.0 Å². The number of thiazole rings is 1. The molecular formula is C29H30N2O7S. The largest absolute Gasteiger partial charge is 0.504 e. The Hall–Kier alpha value is -4.31. The lowest BCUT2D eigenvalue weighted by atomic mass is 9.94. The molecule has 0 saturated heterocycles. The van der Waals surface area contributed by atoms with Crippen molar-refractivity contribution in [3.05, 3.63) is 90.6 Å². The Kier molecular flexibility index (Phi) is 8.25. The molecule has 1 N–H and O–H groups in total. The third kappa shape index (κ3) is 5.20. The fraction of sp³-hybridized carbons (Fsp3) is 0.276. The Morgan fingerprint density at radius 2 is 1.90 bits per heavy atom. The molecule has 2 aromatic carbocycles. The van der Waals surface area contributed by atoms with Crippen LogP contribution in [0, 0.1) is 0 Å². The monoisotopic (exact) mass is 550 g/mol. The maximum atomic E-state index is 14.0. The maximum absolute atomic E-state index is 14.0. The fourth-order valence-corrected chi connectivity index (χ4v) is 5.58. The van der Waals surface area contributed by atoms with Gasteiger partial charge in [-0.25, -0.2) is 9.79 Å². The molecule has 1 aromatic heterocycles. The Balaban J connectivity index is 2.01. The number of esters is 1. The molecule has 0 radical (unpaired) electrons. The van der Waals surface area contributed by atoms with Crippen molar-refractivity contribution in [1.29, 1.82) is 0 Å². The van der Waals surface area contributed by atoms with Crippen LogP contribution < -0.4 is 29.1 Å². The number of hydrogen-bond donors (Lipinski definition) is 1. The van der Waals surface area contributed by atoms with Crippen LogP contribution in [0.3, 0.4) is 0 Å². The molecule has 1 aliphatic heterocycles. The number of rotatable bonds is 9. The molecule has 1 atom stereocenters. The third-order valence-electron chi connectivity index (χ3n) is 6.31. The second-order valence-corrected chi connectivity index (χ2v) is 9.64. The van der Waals surface area contributed by atoms with Gasteiger partial charge in [0.05, 0.1) is 43.7 Å². The summed E-state index contributed by atoms with van der Waals surface area (Å²) in [6, 6.07) is 7.77. The van der Waals surface area contributed by atoms with Crippen LogP contribution in [0.5, 0.6) is 23.0 Å². The van der Waals surface area contributed by atoms with Gasteiger partial charge in [0.25, 0.3) is 5.56 Å². The molecular weight excluding hydrogens is 520 g/mol. The molecule has 4 rings (SSSR count). The summed E-state index contributed by atoms with van der Waals surface area (Å²) in [7, 11) is 4.53. The minimum atomic E-state index is -0.863. The summed E-state index contributed by atoms with van der Waals surface area (Å²) in [4.78, 5) is 32.2. The Bertz CT molecular complexity index is 1650. The van der Waals surface area contributed by atoms with Crippen LogP contribution in [0.25, 0.3) is 6.08 Å². The van der Waals surface area contributed by atoms with Gasteiger partial charge in [-0.2, -0.15) is 0 Å². The molecule has 0 bridgehead atoms. The lowest BCUT2D eigenvalue weighted by molar-refractivity contribution is -0.139. The molecule has 10 heteroatoms. The van der Waals surface area contributed by atoms with Crippen molar-refractivity contribution in [3.63, 3.8) is 0 Å². The number of phenolic OH excluding ortho intramolecular Hbond substituents is 1. The Morgan fingerprint density at radius 3 is 2.54 bits per heavy atom. The highest BCUT2D eigenvalue weighted by molar-refractivity contribution is 7.07. The predicted molar refractivity (Wildman–Crippen MR) is 149 cm³/mol. The zero-order valence-electron chi connectivity index (χ0n) is 22.4. The first-order chi connectivity index (χ1) is 18.8. The summed E-state index contributed by atoms with van der Waals surface area (Å²) in [5.74, 6) is 0.754. The Labute approximate surface area is 229 Å². The van der Waals surface area contributed by atoms with Gasteiger partial charge < -0.3 is 24.1 Å². The summed E-state index contributed by atoms with van der Waals surface area (Å²) in [6.45, 7) is 7.34. The second-order valence-electron chi connectivity index (χ2n) is 8.63. The molecule has 2 heterocycles. The van der Waals surface area contributed by atoms with Crippen LogP contribution in [-0.2, 0) is 16.0 Å². The van der Waals surface area contributed by atoms with Crippen LogP contribution in [0.15, 0.2) is 64.0 Å². The first-order valence-electron chi connectivity index (χ1n) is 12.2. The Morgan fingerprint density at radius 1 is 1.15 bits per heavy atom. The number of allylic oxidation sites excluding steroid dienone is 2. The summed E-state index contributed by atoms with van der Waals surface area (Å²) < 4.78 is 23.6. The van der Waals surface area contributed by atoms with Gasteiger partial charge in [-0.15, -0.1) is 6.58 Å². The van der Waals surface area contributed by atoms with E-state index in [1.54, 1.807) is 56.3 Å². The van der Waals surface area contributed by atoms with E-state index in [2.05, 4.69) is 11.6 Å². The molecule has 0 aliphatic carbocycles. The first-order valence-corrected chi connectivity index (χ1v) is 13.0. The topological polar surface area (TPSA) is 109 Å². The fourth-order valence-electron chi connectivity index (χ4n) is 4.53. The smallest absolute Gasteiger partial charge is 0.338 e. The quantitative estimate of drug-likeness (QED) is 0.322. The van der Waals surface area contributed by atoms with Gasteiger partial charge in [-0.3, -0.25) is 9.36 Å². The number of methoxy groups -OCH3 is 3. The number of nitrogens with zero attached hydrogens (tertiary/aromatic N) is 2. The third-order valence-corrected chi connectivity index (χ3v) is 7.29. The van der Waals surface area contributed by atoms with Crippen molar-refractivity contribution in [2.75, 3.05) is 27.9 Å². The molecule has 0 fully saturated rings. The van der Waals surface area contributed by atoms with E-state index in [-0.39, 0.29) is 29.2 Å². The highest BCUT2D eigenvalue weighted by Gasteiger charge is 2.35. The molecule has 0 saturated carbocycles. The van der Waals surface area contributed by atoms with E-state index >= 15 is 0 Å². The molecule has 0 unspecified atom stereocenters. The minimum Gasteiger partial charge on any atom is -0.504 e.